The van der Waals surface area contributed by atoms with Crippen LogP contribution in [0.15, 0.2) is 34.7 Å². The summed E-state index contributed by atoms with van der Waals surface area (Å²) in [5.74, 6) is -0.175. The number of fused-ring (bicyclic) bond motifs is 1. The molecule has 96 valence electrons. The molecule has 2 aromatic carbocycles. The molecule has 0 spiro atoms. The average molecular weight is 278 g/mol. The predicted molar refractivity (Wildman–Crippen MR) is 73.2 cm³/mol. The zero-order valence-corrected chi connectivity index (χ0v) is 10.4. The number of nitrogens with zero attached hydrogens (tertiary/aromatic N) is 1. The number of anilines is 2. The van der Waals surface area contributed by atoms with Crippen LogP contribution in [0.2, 0.25) is 5.02 Å². The van der Waals surface area contributed by atoms with E-state index < -0.39 is 5.82 Å². The van der Waals surface area contributed by atoms with Crippen LogP contribution in [-0.2, 0) is 0 Å². The summed E-state index contributed by atoms with van der Waals surface area (Å²) >= 11 is 5.90. The van der Waals surface area contributed by atoms with Crippen molar-refractivity contribution >= 4 is 34.1 Å². The maximum atomic E-state index is 13.2. The lowest BCUT2D eigenvalue weighted by Gasteiger charge is -2.00. The number of nitrogen functional groups attached to an aromatic ring is 2. The average Bonchev–Trinajstić information content (AvgIpc) is 2.71. The number of halogens is 2. The highest BCUT2D eigenvalue weighted by molar-refractivity contribution is 6.34. The number of hydrogen-bond acceptors (Lipinski definition) is 4. The highest BCUT2D eigenvalue weighted by Gasteiger charge is 2.13. The van der Waals surface area contributed by atoms with E-state index in [1.807, 2.05) is 0 Å². The summed E-state index contributed by atoms with van der Waals surface area (Å²) < 4.78 is 18.8. The summed E-state index contributed by atoms with van der Waals surface area (Å²) in [6.45, 7) is 0. The van der Waals surface area contributed by atoms with Crippen molar-refractivity contribution in [2.75, 3.05) is 11.5 Å². The van der Waals surface area contributed by atoms with E-state index in [0.29, 0.717) is 33.9 Å². The summed E-state index contributed by atoms with van der Waals surface area (Å²) in [5.41, 5.74) is 13.7. The fourth-order valence-electron chi connectivity index (χ4n) is 1.88. The number of aromatic nitrogens is 1. The highest BCUT2D eigenvalue weighted by Crippen LogP contribution is 2.31. The van der Waals surface area contributed by atoms with Gasteiger partial charge in [-0.15, -0.1) is 0 Å². The molecule has 3 rings (SSSR count). The summed E-state index contributed by atoms with van der Waals surface area (Å²) in [6, 6.07) is 7.39. The third-order valence-electron chi connectivity index (χ3n) is 2.63. The quantitative estimate of drug-likeness (QED) is 0.668. The van der Waals surface area contributed by atoms with Gasteiger partial charge in [-0.25, -0.2) is 9.37 Å². The standard InChI is InChI=1S/C13H9ClFN3O/c14-10-3-7(15)4-11-12(10)19-13(18-11)6-1-8(16)5-9(17)2-6/h1-5H,16-17H2. The topological polar surface area (TPSA) is 78.1 Å². The lowest BCUT2D eigenvalue weighted by molar-refractivity contribution is 0.614. The van der Waals surface area contributed by atoms with Gasteiger partial charge in [0.2, 0.25) is 5.89 Å². The SMILES string of the molecule is Nc1cc(N)cc(-c2nc3cc(F)cc(Cl)c3o2)c1. The van der Waals surface area contributed by atoms with E-state index in [4.69, 9.17) is 27.5 Å². The smallest absolute Gasteiger partial charge is 0.227 e. The number of benzene rings is 2. The van der Waals surface area contributed by atoms with Gasteiger partial charge in [0.25, 0.3) is 0 Å². The van der Waals surface area contributed by atoms with E-state index in [9.17, 15) is 4.39 Å². The van der Waals surface area contributed by atoms with E-state index in [-0.39, 0.29) is 5.02 Å². The van der Waals surface area contributed by atoms with Gasteiger partial charge in [-0.2, -0.15) is 0 Å². The molecule has 19 heavy (non-hydrogen) atoms. The Morgan fingerprint density at radius 2 is 1.74 bits per heavy atom. The van der Waals surface area contributed by atoms with Gasteiger partial charge in [0.1, 0.15) is 11.3 Å². The first-order valence-electron chi connectivity index (χ1n) is 5.45. The zero-order chi connectivity index (χ0) is 13.6. The molecule has 0 fully saturated rings. The molecule has 0 unspecified atom stereocenters. The van der Waals surface area contributed by atoms with Crippen LogP contribution in [0.1, 0.15) is 0 Å². The molecule has 0 saturated heterocycles. The fourth-order valence-corrected chi connectivity index (χ4v) is 2.12. The van der Waals surface area contributed by atoms with Crippen molar-refractivity contribution in [3.05, 3.63) is 41.2 Å². The van der Waals surface area contributed by atoms with Crippen molar-refractivity contribution < 1.29 is 8.81 Å². The van der Waals surface area contributed by atoms with Crippen molar-refractivity contribution in [3.8, 4) is 11.5 Å². The highest BCUT2D eigenvalue weighted by atomic mass is 35.5. The molecule has 4 N–H and O–H groups in total. The molecule has 0 aliphatic heterocycles. The van der Waals surface area contributed by atoms with Crippen molar-refractivity contribution in [2.45, 2.75) is 0 Å². The molecule has 0 bridgehead atoms. The Balaban J connectivity index is 2.23. The summed E-state index contributed by atoms with van der Waals surface area (Å²) in [4.78, 5) is 4.18. The molecule has 0 radical (unpaired) electrons. The number of rotatable bonds is 1. The molecule has 0 saturated carbocycles. The van der Waals surface area contributed by atoms with Gasteiger partial charge < -0.3 is 15.9 Å². The molecule has 0 aliphatic rings. The second-order valence-corrected chi connectivity index (χ2v) is 4.55. The minimum Gasteiger partial charge on any atom is -0.435 e. The van der Waals surface area contributed by atoms with Crippen molar-refractivity contribution in [3.63, 3.8) is 0 Å². The molecule has 3 aromatic rings. The van der Waals surface area contributed by atoms with E-state index in [1.165, 1.54) is 12.1 Å². The zero-order valence-electron chi connectivity index (χ0n) is 9.65. The Morgan fingerprint density at radius 3 is 2.42 bits per heavy atom. The maximum absolute atomic E-state index is 13.2. The number of hydrogen-bond donors (Lipinski definition) is 2. The van der Waals surface area contributed by atoms with Gasteiger partial charge >= 0.3 is 0 Å². The Labute approximate surface area is 112 Å². The third-order valence-corrected chi connectivity index (χ3v) is 2.91. The lowest BCUT2D eigenvalue weighted by atomic mass is 10.2. The van der Waals surface area contributed by atoms with Crippen molar-refractivity contribution in [1.29, 1.82) is 0 Å². The van der Waals surface area contributed by atoms with E-state index in [2.05, 4.69) is 4.98 Å². The molecule has 4 nitrogen and oxygen atoms in total. The Bertz CT molecular complexity index is 765. The molecule has 6 heteroatoms. The van der Waals surface area contributed by atoms with Crippen LogP contribution in [-0.4, -0.2) is 4.98 Å². The number of nitrogens with two attached hydrogens (primary N) is 2. The first-order chi connectivity index (χ1) is 9.02. The van der Waals surface area contributed by atoms with Crippen LogP contribution in [0.5, 0.6) is 0 Å². The molecule has 0 amide bonds. The molecular weight excluding hydrogens is 269 g/mol. The van der Waals surface area contributed by atoms with E-state index >= 15 is 0 Å². The molecular formula is C13H9ClFN3O. The fraction of sp³-hybridized carbons (Fsp3) is 0. The minimum absolute atomic E-state index is 0.172. The molecule has 1 aromatic heterocycles. The largest absolute Gasteiger partial charge is 0.435 e. The second-order valence-electron chi connectivity index (χ2n) is 4.14. The van der Waals surface area contributed by atoms with Gasteiger partial charge in [-0.05, 0) is 24.3 Å². The molecule has 0 aliphatic carbocycles. The van der Waals surface area contributed by atoms with Crippen LogP contribution in [0.3, 0.4) is 0 Å². The first-order valence-corrected chi connectivity index (χ1v) is 5.83. The predicted octanol–water partition coefficient (Wildman–Crippen LogP) is 3.45. The van der Waals surface area contributed by atoms with Crippen molar-refractivity contribution in [1.82, 2.24) is 4.98 Å². The van der Waals surface area contributed by atoms with Gasteiger partial charge in [0.15, 0.2) is 5.58 Å². The monoisotopic (exact) mass is 277 g/mol. The maximum Gasteiger partial charge on any atom is 0.227 e. The van der Waals surface area contributed by atoms with Gasteiger partial charge in [-0.3, -0.25) is 0 Å². The van der Waals surface area contributed by atoms with Crippen LogP contribution in [0.25, 0.3) is 22.6 Å². The summed E-state index contributed by atoms with van der Waals surface area (Å²) in [5, 5.41) is 0.172. The molecule has 1 heterocycles. The van der Waals surface area contributed by atoms with Crippen LogP contribution >= 0.6 is 11.6 Å². The summed E-state index contributed by atoms with van der Waals surface area (Å²) in [6.07, 6.45) is 0. The number of oxazole rings is 1. The Kier molecular flexibility index (Phi) is 2.57. The van der Waals surface area contributed by atoms with Gasteiger partial charge in [0, 0.05) is 23.0 Å². The van der Waals surface area contributed by atoms with Gasteiger partial charge in [-0.1, -0.05) is 11.6 Å². The molecule has 0 atom stereocenters. The van der Waals surface area contributed by atoms with Crippen LogP contribution in [0, 0.1) is 5.82 Å². The van der Waals surface area contributed by atoms with Crippen LogP contribution in [0.4, 0.5) is 15.8 Å². The lowest BCUT2D eigenvalue weighted by Crippen LogP contribution is -1.91. The Hall–Kier alpha value is -2.27. The normalized spacial score (nSPS) is 11.1. The Morgan fingerprint density at radius 1 is 1.05 bits per heavy atom. The minimum atomic E-state index is -0.468. The van der Waals surface area contributed by atoms with Gasteiger partial charge in [0.05, 0.1) is 5.02 Å². The van der Waals surface area contributed by atoms with Crippen LogP contribution < -0.4 is 11.5 Å². The third kappa shape index (κ3) is 2.08. The first kappa shape index (κ1) is 11.8. The van der Waals surface area contributed by atoms with E-state index in [1.54, 1.807) is 18.2 Å². The second kappa shape index (κ2) is 4.13. The van der Waals surface area contributed by atoms with E-state index in [0.717, 1.165) is 0 Å². The van der Waals surface area contributed by atoms with Crippen molar-refractivity contribution in [2.24, 2.45) is 0 Å². The summed E-state index contributed by atoms with van der Waals surface area (Å²) in [7, 11) is 0.